The van der Waals surface area contributed by atoms with Crippen LogP contribution in [0.2, 0.25) is 0 Å². The van der Waals surface area contributed by atoms with E-state index < -0.39 is 0 Å². The molecule has 0 aliphatic heterocycles. The van der Waals surface area contributed by atoms with Gasteiger partial charge in [-0.3, -0.25) is 0 Å². The average Bonchev–Trinajstić information content (AvgIpc) is 2.42. The smallest absolute Gasteiger partial charge is 0.197 e. The molecule has 2 heteroatoms. The van der Waals surface area contributed by atoms with Gasteiger partial charge in [-0.2, -0.15) is 4.73 Å². The van der Waals surface area contributed by atoms with Crippen LogP contribution in [-0.4, -0.2) is 0 Å². The zero-order valence-electron chi connectivity index (χ0n) is 9.91. The third-order valence-electron chi connectivity index (χ3n) is 3.16. The standard InChI is InChI=1S/C16H13NO/c18-17-11-4-3-9-15(17)12-14-8-5-7-13-6-1-2-10-16(13)14/h1-11H,12H2. The van der Waals surface area contributed by atoms with Gasteiger partial charge in [0.25, 0.3) is 0 Å². The summed E-state index contributed by atoms with van der Waals surface area (Å²) in [5, 5.41) is 14.1. The molecule has 0 N–H and O–H groups in total. The molecule has 0 bridgehead atoms. The molecule has 0 saturated carbocycles. The summed E-state index contributed by atoms with van der Waals surface area (Å²) in [4.78, 5) is 0. The van der Waals surface area contributed by atoms with Gasteiger partial charge in [0.1, 0.15) is 0 Å². The van der Waals surface area contributed by atoms with Gasteiger partial charge in [0.2, 0.25) is 0 Å². The number of hydrogen-bond acceptors (Lipinski definition) is 1. The maximum absolute atomic E-state index is 11.7. The second kappa shape index (κ2) is 4.49. The first-order chi connectivity index (χ1) is 8.84. The van der Waals surface area contributed by atoms with Gasteiger partial charge >= 0.3 is 0 Å². The molecule has 3 aromatic rings. The number of nitrogens with zero attached hydrogens (tertiary/aromatic N) is 1. The number of rotatable bonds is 2. The fraction of sp³-hybridized carbons (Fsp3) is 0.0625. The monoisotopic (exact) mass is 235 g/mol. The Morgan fingerprint density at radius 1 is 0.833 bits per heavy atom. The topological polar surface area (TPSA) is 26.9 Å². The number of fused-ring (bicyclic) bond motifs is 1. The summed E-state index contributed by atoms with van der Waals surface area (Å²) in [5.41, 5.74) is 1.96. The van der Waals surface area contributed by atoms with Gasteiger partial charge < -0.3 is 5.21 Å². The van der Waals surface area contributed by atoms with Crippen LogP contribution in [0, 0.1) is 5.21 Å². The minimum atomic E-state index is 0.658. The average molecular weight is 235 g/mol. The van der Waals surface area contributed by atoms with Crippen molar-refractivity contribution in [2.24, 2.45) is 0 Å². The van der Waals surface area contributed by atoms with Crippen LogP contribution in [0.3, 0.4) is 0 Å². The predicted molar refractivity (Wildman–Crippen MR) is 72.2 cm³/mol. The Kier molecular flexibility index (Phi) is 2.69. The van der Waals surface area contributed by atoms with Crippen LogP contribution in [0.4, 0.5) is 0 Å². The molecular formula is C16H13NO. The van der Waals surface area contributed by atoms with Crippen molar-refractivity contribution in [2.75, 3.05) is 0 Å². The Morgan fingerprint density at radius 2 is 1.61 bits per heavy atom. The van der Waals surface area contributed by atoms with Crippen LogP contribution < -0.4 is 4.73 Å². The minimum absolute atomic E-state index is 0.658. The van der Waals surface area contributed by atoms with E-state index in [0.717, 1.165) is 10.4 Å². The summed E-state index contributed by atoms with van der Waals surface area (Å²) in [6.07, 6.45) is 2.20. The Labute approximate surface area is 106 Å². The van der Waals surface area contributed by atoms with Crippen molar-refractivity contribution in [1.82, 2.24) is 0 Å². The van der Waals surface area contributed by atoms with Gasteiger partial charge in [-0.1, -0.05) is 48.5 Å². The highest BCUT2D eigenvalue weighted by Gasteiger charge is 2.07. The molecule has 0 aliphatic carbocycles. The molecule has 3 rings (SSSR count). The van der Waals surface area contributed by atoms with Crippen molar-refractivity contribution in [3.05, 3.63) is 83.3 Å². The highest BCUT2D eigenvalue weighted by atomic mass is 16.5. The van der Waals surface area contributed by atoms with Crippen molar-refractivity contribution < 1.29 is 4.73 Å². The van der Waals surface area contributed by atoms with E-state index in [4.69, 9.17) is 0 Å². The molecule has 0 fully saturated rings. The van der Waals surface area contributed by atoms with Crippen LogP contribution in [0.15, 0.2) is 66.9 Å². The molecule has 2 nitrogen and oxygen atoms in total. The Morgan fingerprint density at radius 3 is 2.50 bits per heavy atom. The first-order valence-electron chi connectivity index (χ1n) is 5.98. The van der Waals surface area contributed by atoms with E-state index in [0.29, 0.717) is 6.42 Å². The van der Waals surface area contributed by atoms with Crippen molar-refractivity contribution in [1.29, 1.82) is 0 Å². The van der Waals surface area contributed by atoms with Gasteiger partial charge in [-0.05, 0) is 16.3 Å². The van der Waals surface area contributed by atoms with E-state index in [1.165, 1.54) is 16.3 Å². The zero-order valence-corrected chi connectivity index (χ0v) is 9.91. The Hall–Kier alpha value is -2.35. The van der Waals surface area contributed by atoms with Gasteiger partial charge in [-0.25, -0.2) is 0 Å². The molecule has 88 valence electrons. The molecule has 0 amide bonds. The summed E-state index contributed by atoms with van der Waals surface area (Å²) < 4.78 is 0.932. The molecule has 0 aliphatic rings. The van der Waals surface area contributed by atoms with Crippen LogP contribution in [0.1, 0.15) is 11.3 Å². The van der Waals surface area contributed by atoms with Crippen LogP contribution >= 0.6 is 0 Å². The number of aromatic nitrogens is 1. The first kappa shape index (κ1) is 10.8. The predicted octanol–water partition coefficient (Wildman–Crippen LogP) is 3.06. The van der Waals surface area contributed by atoms with Crippen molar-refractivity contribution in [2.45, 2.75) is 6.42 Å². The highest BCUT2D eigenvalue weighted by molar-refractivity contribution is 5.85. The molecule has 0 saturated heterocycles. The normalized spacial score (nSPS) is 10.7. The second-order valence-electron chi connectivity index (χ2n) is 4.33. The van der Waals surface area contributed by atoms with E-state index >= 15 is 0 Å². The second-order valence-corrected chi connectivity index (χ2v) is 4.33. The fourth-order valence-corrected chi connectivity index (χ4v) is 2.24. The molecule has 0 spiro atoms. The SMILES string of the molecule is [O-][n+]1ccccc1Cc1cccc2ccccc12. The van der Waals surface area contributed by atoms with E-state index in [-0.39, 0.29) is 0 Å². The summed E-state index contributed by atoms with van der Waals surface area (Å²) in [6.45, 7) is 0. The van der Waals surface area contributed by atoms with Crippen LogP contribution in [-0.2, 0) is 6.42 Å². The van der Waals surface area contributed by atoms with E-state index in [9.17, 15) is 5.21 Å². The van der Waals surface area contributed by atoms with Gasteiger partial charge in [-0.15, -0.1) is 0 Å². The maximum atomic E-state index is 11.7. The molecule has 18 heavy (non-hydrogen) atoms. The van der Waals surface area contributed by atoms with Crippen molar-refractivity contribution in [3.63, 3.8) is 0 Å². The lowest BCUT2D eigenvalue weighted by Crippen LogP contribution is -2.30. The lowest BCUT2D eigenvalue weighted by atomic mass is 10.0. The number of pyridine rings is 1. The van der Waals surface area contributed by atoms with E-state index in [1.807, 2.05) is 30.3 Å². The zero-order chi connectivity index (χ0) is 12.4. The largest absolute Gasteiger partial charge is 0.618 e. The Bertz CT molecular complexity index is 686. The molecule has 0 unspecified atom stereocenters. The molecule has 2 aromatic carbocycles. The summed E-state index contributed by atoms with van der Waals surface area (Å²) >= 11 is 0. The molecule has 0 radical (unpaired) electrons. The van der Waals surface area contributed by atoms with Crippen LogP contribution in [0.25, 0.3) is 10.8 Å². The summed E-state index contributed by atoms with van der Waals surface area (Å²) in [5.74, 6) is 0. The molecule has 1 aromatic heterocycles. The fourth-order valence-electron chi connectivity index (χ4n) is 2.24. The summed E-state index contributed by atoms with van der Waals surface area (Å²) in [6, 6.07) is 20.0. The van der Waals surface area contributed by atoms with Gasteiger partial charge in [0.15, 0.2) is 11.9 Å². The lowest BCUT2D eigenvalue weighted by Gasteiger charge is -2.07. The quantitative estimate of drug-likeness (QED) is 0.495. The lowest BCUT2D eigenvalue weighted by molar-refractivity contribution is -0.613. The first-order valence-corrected chi connectivity index (χ1v) is 5.98. The summed E-state index contributed by atoms with van der Waals surface area (Å²) in [7, 11) is 0. The Balaban J connectivity index is 2.08. The van der Waals surface area contributed by atoms with E-state index in [1.54, 1.807) is 12.3 Å². The van der Waals surface area contributed by atoms with E-state index in [2.05, 4.69) is 24.3 Å². The minimum Gasteiger partial charge on any atom is -0.618 e. The molecular weight excluding hydrogens is 222 g/mol. The number of benzene rings is 2. The van der Waals surface area contributed by atoms with Crippen molar-refractivity contribution in [3.8, 4) is 0 Å². The molecule has 1 heterocycles. The van der Waals surface area contributed by atoms with Gasteiger partial charge in [0, 0.05) is 12.1 Å². The van der Waals surface area contributed by atoms with Crippen molar-refractivity contribution >= 4 is 10.8 Å². The maximum Gasteiger partial charge on any atom is 0.197 e. The third kappa shape index (κ3) is 1.93. The number of hydrogen-bond donors (Lipinski definition) is 0. The highest BCUT2D eigenvalue weighted by Crippen LogP contribution is 2.20. The molecule has 0 atom stereocenters. The third-order valence-corrected chi connectivity index (χ3v) is 3.16. The van der Waals surface area contributed by atoms with Gasteiger partial charge in [0.05, 0.1) is 6.42 Å². The van der Waals surface area contributed by atoms with Crippen LogP contribution in [0.5, 0.6) is 0 Å².